The standard InChI is InChI=1S/C15H24N2O4S/c1-4-6-10-16-15(18)12-17(22(3,19)20)13-8-7-9-14(11-13)21-5-2/h7-9,11H,4-6,10,12H2,1-3H3,(H,16,18). The molecule has 0 saturated carbocycles. The van der Waals surface area contributed by atoms with Crippen LogP contribution in [0.1, 0.15) is 26.7 Å². The molecule has 0 atom stereocenters. The van der Waals surface area contributed by atoms with Crippen molar-refractivity contribution in [3.63, 3.8) is 0 Å². The monoisotopic (exact) mass is 328 g/mol. The molecule has 0 bridgehead atoms. The number of nitrogens with one attached hydrogen (secondary N) is 1. The fraction of sp³-hybridized carbons (Fsp3) is 0.533. The van der Waals surface area contributed by atoms with Gasteiger partial charge in [-0.15, -0.1) is 0 Å². The Morgan fingerprint density at radius 2 is 2.05 bits per heavy atom. The Balaban J connectivity index is 2.90. The molecule has 6 nitrogen and oxygen atoms in total. The molecule has 0 fully saturated rings. The summed E-state index contributed by atoms with van der Waals surface area (Å²) in [6, 6.07) is 6.70. The quantitative estimate of drug-likeness (QED) is 0.701. The van der Waals surface area contributed by atoms with Gasteiger partial charge in [0, 0.05) is 12.6 Å². The van der Waals surface area contributed by atoms with E-state index in [1.807, 2.05) is 13.8 Å². The van der Waals surface area contributed by atoms with Crippen LogP contribution in [0.15, 0.2) is 24.3 Å². The van der Waals surface area contributed by atoms with Gasteiger partial charge < -0.3 is 10.1 Å². The summed E-state index contributed by atoms with van der Waals surface area (Å²) in [6.45, 7) is 4.67. The first kappa shape index (κ1) is 18.3. The van der Waals surface area contributed by atoms with Gasteiger partial charge in [0.1, 0.15) is 12.3 Å². The zero-order valence-corrected chi connectivity index (χ0v) is 14.1. The van der Waals surface area contributed by atoms with Gasteiger partial charge in [0.2, 0.25) is 15.9 Å². The van der Waals surface area contributed by atoms with Crippen molar-refractivity contribution in [3.8, 4) is 5.75 Å². The van der Waals surface area contributed by atoms with Crippen molar-refractivity contribution in [1.29, 1.82) is 0 Å². The van der Waals surface area contributed by atoms with E-state index in [0.717, 1.165) is 23.4 Å². The zero-order chi connectivity index (χ0) is 16.6. The molecule has 1 amide bonds. The number of carbonyl (C=O) groups is 1. The van der Waals surface area contributed by atoms with Gasteiger partial charge in [-0.05, 0) is 25.5 Å². The number of unbranched alkanes of at least 4 members (excludes halogenated alkanes) is 1. The van der Waals surface area contributed by atoms with E-state index in [1.54, 1.807) is 24.3 Å². The summed E-state index contributed by atoms with van der Waals surface area (Å²) in [5, 5.41) is 2.72. The molecule has 124 valence electrons. The highest BCUT2D eigenvalue weighted by Crippen LogP contribution is 2.23. The van der Waals surface area contributed by atoms with Crippen LogP contribution in [0.3, 0.4) is 0 Å². The van der Waals surface area contributed by atoms with Crippen LogP contribution >= 0.6 is 0 Å². The number of hydrogen-bond acceptors (Lipinski definition) is 4. The number of benzene rings is 1. The second-order valence-corrected chi connectivity index (χ2v) is 6.81. The first-order chi connectivity index (χ1) is 10.4. The predicted molar refractivity (Wildman–Crippen MR) is 87.7 cm³/mol. The highest BCUT2D eigenvalue weighted by atomic mass is 32.2. The average molecular weight is 328 g/mol. The second kappa shape index (κ2) is 8.63. The lowest BCUT2D eigenvalue weighted by molar-refractivity contribution is -0.119. The van der Waals surface area contributed by atoms with E-state index in [9.17, 15) is 13.2 Å². The van der Waals surface area contributed by atoms with Crippen molar-refractivity contribution in [1.82, 2.24) is 5.32 Å². The Hall–Kier alpha value is -1.76. The van der Waals surface area contributed by atoms with Crippen LogP contribution in [0, 0.1) is 0 Å². The molecule has 0 saturated heterocycles. The van der Waals surface area contributed by atoms with Crippen molar-refractivity contribution in [2.24, 2.45) is 0 Å². The van der Waals surface area contributed by atoms with Gasteiger partial charge in [-0.3, -0.25) is 9.10 Å². The Morgan fingerprint density at radius 3 is 2.64 bits per heavy atom. The van der Waals surface area contributed by atoms with Crippen molar-refractivity contribution < 1.29 is 17.9 Å². The van der Waals surface area contributed by atoms with Crippen LogP contribution in [-0.2, 0) is 14.8 Å². The zero-order valence-electron chi connectivity index (χ0n) is 13.3. The summed E-state index contributed by atoms with van der Waals surface area (Å²) in [4.78, 5) is 11.9. The molecule has 7 heteroatoms. The summed E-state index contributed by atoms with van der Waals surface area (Å²) in [5.41, 5.74) is 0.416. The number of sulfonamides is 1. The minimum atomic E-state index is -3.56. The summed E-state index contributed by atoms with van der Waals surface area (Å²) in [6.07, 6.45) is 2.91. The van der Waals surface area contributed by atoms with E-state index in [0.29, 0.717) is 24.6 Å². The molecule has 0 radical (unpaired) electrons. The van der Waals surface area contributed by atoms with E-state index in [1.165, 1.54) is 0 Å². The van der Waals surface area contributed by atoms with Crippen LogP contribution in [0.4, 0.5) is 5.69 Å². The SMILES string of the molecule is CCCCNC(=O)CN(c1cccc(OCC)c1)S(C)(=O)=O. The molecule has 0 aromatic heterocycles. The Morgan fingerprint density at radius 1 is 1.32 bits per heavy atom. The van der Waals surface area contributed by atoms with Gasteiger partial charge in [-0.1, -0.05) is 19.4 Å². The topological polar surface area (TPSA) is 75.7 Å². The van der Waals surface area contributed by atoms with E-state index in [-0.39, 0.29) is 12.5 Å². The van der Waals surface area contributed by atoms with E-state index < -0.39 is 10.0 Å². The lowest BCUT2D eigenvalue weighted by Crippen LogP contribution is -2.40. The third-order valence-corrected chi connectivity index (χ3v) is 4.10. The van der Waals surface area contributed by atoms with E-state index in [2.05, 4.69) is 5.32 Å². The fourth-order valence-corrected chi connectivity index (χ4v) is 2.73. The van der Waals surface area contributed by atoms with Crippen LogP contribution in [-0.4, -0.2) is 40.3 Å². The van der Waals surface area contributed by atoms with Crippen molar-refractivity contribution in [2.45, 2.75) is 26.7 Å². The molecule has 0 heterocycles. The lowest BCUT2D eigenvalue weighted by Gasteiger charge is -2.22. The third kappa shape index (κ3) is 5.93. The highest BCUT2D eigenvalue weighted by molar-refractivity contribution is 7.92. The smallest absolute Gasteiger partial charge is 0.240 e. The maximum atomic E-state index is 12.0. The van der Waals surface area contributed by atoms with Gasteiger partial charge in [0.15, 0.2) is 0 Å². The first-order valence-electron chi connectivity index (χ1n) is 7.35. The number of ether oxygens (including phenoxy) is 1. The number of anilines is 1. The van der Waals surface area contributed by atoms with Crippen molar-refractivity contribution >= 4 is 21.6 Å². The summed E-state index contributed by atoms with van der Waals surface area (Å²) in [5.74, 6) is 0.251. The number of rotatable bonds is 9. The Labute approximate surface area is 132 Å². The summed E-state index contributed by atoms with van der Waals surface area (Å²) < 4.78 is 30.4. The highest BCUT2D eigenvalue weighted by Gasteiger charge is 2.21. The van der Waals surface area contributed by atoms with Crippen LogP contribution in [0.5, 0.6) is 5.75 Å². The second-order valence-electron chi connectivity index (χ2n) is 4.90. The van der Waals surface area contributed by atoms with Crippen LogP contribution < -0.4 is 14.4 Å². The normalized spacial score (nSPS) is 11.0. The lowest BCUT2D eigenvalue weighted by atomic mass is 10.3. The molecule has 0 unspecified atom stereocenters. The van der Waals surface area contributed by atoms with Gasteiger partial charge in [-0.2, -0.15) is 0 Å². The van der Waals surface area contributed by atoms with Gasteiger partial charge in [0.25, 0.3) is 0 Å². The number of carbonyl (C=O) groups excluding carboxylic acids is 1. The molecule has 0 spiro atoms. The Bertz CT molecular complexity index is 587. The van der Waals surface area contributed by atoms with Gasteiger partial charge in [0.05, 0.1) is 18.6 Å². The fourth-order valence-electron chi connectivity index (χ4n) is 1.89. The van der Waals surface area contributed by atoms with Crippen LogP contribution in [0.25, 0.3) is 0 Å². The van der Waals surface area contributed by atoms with E-state index in [4.69, 9.17) is 4.74 Å². The number of amides is 1. The molecule has 0 aliphatic carbocycles. The molecule has 22 heavy (non-hydrogen) atoms. The molecule has 1 rings (SSSR count). The number of nitrogens with zero attached hydrogens (tertiary/aromatic N) is 1. The van der Waals surface area contributed by atoms with Crippen molar-refractivity contribution in [3.05, 3.63) is 24.3 Å². The predicted octanol–water partition coefficient (Wildman–Crippen LogP) is 1.77. The van der Waals surface area contributed by atoms with E-state index >= 15 is 0 Å². The maximum Gasteiger partial charge on any atom is 0.240 e. The molecule has 1 aromatic carbocycles. The third-order valence-electron chi connectivity index (χ3n) is 2.96. The summed E-state index contributed by atoms with van der Waals surface area (Å²) >= 11 is 0. The molecule has 1 N–H and O–H groups in total. The van der Waals surface area contributed by atoms with Crippen molar-refractivity contribution in [2.75, 3.05) is 30.3 Å². The minimum Gasteiger partial charge on any atom is -0.494 e. The molecular weight excluding hydrogens is 304 g/mol. The molecule has 0 aliphatic heterocycles. The molecule has 1 aromatic rings. The van der Waals surface area contributed by atoms with Gasteiger partial charge in [-0.25, -0.2) is 8.42 Å². The molecular formula is C15H24N2O4S. The summed E-state index contributed by atoms with van der Waals surface area (Å²) in [7, 11) is -3.56. The average Bonchev–Trinajstić information content (AvgIpc) is 2.44. The molecule has 0 aliphatic rings. The van der Waals surface area contributed by atoms with Gasteiger partial charge >= 0.3 is 0 Å². The Kier molecular flexibility index (Phi) is 7.17. The first-order valence-corrected chi connectivity index (χ1v) is 9.20. The number of hydrogen-bond donors (Lipinski definition) is 1. The maximum absolute atomic E-state index is 12.0. The largest absolute Gasteiger partial charge is 0.494 e. The van der Waals surface area contributed by atoms with Crippen LogP contribution in [0.2, 0.25) is 0 Å². The minimum absolute atomic E-state index is 0.238.